The van der Waals surface area contributed by atoms with Gasteiger partial charge in [-0.1, -0.05) is 38.1 Å². The van der Waals surface area contributed by atoms with Crippen molar-refractivity contribution < 1.29 is 9.84 Å². The van der Waals surface area contributed by atoms with Crippen LogP contribution in [0, 0.1) is 0 Å². The van der Waals surface area contributed by atoms with Crippen LogP contribution in [-0.2, 0) is 11.2 Å². The van der Waals surface area contributed by atoms with Gasteiger partial charge in [0.25, 0.3) is 0 Å². The molecular formula is C15H24O2. The summed E-state index contributed by atoms with van der Waals surface area (Å²) >= 11 is 0. The molecule has 0 spiro atoms. The molecule has 1 aromatic rings. The number of aliphatic hydroxyl groups is 1. The molecule has 96 valence electrons. The number of hydrogen-bond acceptors (Lipinski definition) is 2. The van der Waals surface area contributed by atoms with Crippen molar-refractivity contribution in [2.45, 2.75) is 52.2 Å². The van der Waals surface area contributed by atoms with Gasteiger partial charge in [0.1, 0.15) is 6.10 Å². The van der Waals surface area contributed by atoms with E-state index in [1.54, 1.807) is 0 Å². The van der Waals surface area contributed by atoms with Crippen molar-refractivity contribution in [1.29, 1.82) is 0 Å². The Labute approximate surface area is 105 Å². The van der Waals surface area contributed by atoms with Crippen LogP contribution in [-0.4, -0.2) is 17.3 Å². The van der Waals surface area contributed by atoms with E-state index in [1.165, 1.54) is 5.56 Å². The third kappa shape index (κ3) is 3.30. The summed E-state index contributed by atoms with van der Waals surface area (Å²) in [5.74, 6) is 0. The number of ether oxygens (including phenoxy) is 1. The van der Waals surface area contributed by atoms with Crippen molar-refractivity contribution in [3.8, 4) is 0 Å². The lowest BCUT2D eigenvalue weighted by molar-refractivity contribution is -0.113. The van der Waals surface area contributed by atoms with Crippen LogP contribution in [0.1, 0.15) is 51.3 Å². The Bertz CT molecular complexity index is 331. The predicted molar refractivity (Wildman–Crippen MR) is 71.1 cm³/mol. The normalized spacial score (nSPS) is 16.5. The summed E-state index contributed by atoms with van der Waals surface area (Å²) in [5, 5.41) is 10.4. The first-order valence-electron chi connectivity index (χ1n) is 6.48. The van der Waals surface area contributed by atoms with Gasteiger partial charge in [-0.25, -0.2) is 0 Å². The van der Waals surface area contributed by atoms with Crippen LogP contribution < -0.4 is 0 Å². The molecule has 0 saturated heterocycles. The number of hydrogen-bond donors (Lipinski definition) is 1. The van der Waals surface area contributed by atoms with Crippen LogP contribution in [0.25, 0.3) is 0 Å². The van der Waals surface area contributed by atoms with E-state index in [0.29, 0.717) is 6.61 Å². The largest absolute Gasteiger partial charge is 0.385 e. The van der Waals surface area contributed by atoms with Crippen molar-refractivity contribution >= 4 is 0 Å². The van der Waals surface area contributed by atoms with Gasteiger partial charge in [0, 0.05) is 6.61 Å². The zero-order chi connectivity index (χ0) is 12.9. The number of benzene rings is 1. The molecule has 0 fully saturated rings. The first-order chi connectivity index (χ1) is 8.07. The standard InChI is InChI=1S/C15H24O2/c1-5-12-8-10-13(11-9-12)14(16)15(4,6-2)17-7-3/h8-11,14,16H,5-7H2,1-4H3. The molecule has 1 rings (SSSR count). The molecule has 0 aliphatic rings. The molecule has 1 N–H and O–H groups in total. The molecule has 0 aliphatic heterocycles. The fourth-order valence-corrected chi connectivity index (χ4v) is 1.99. The van der Waals surface area contributed by atoms with Crippen LogP contribution in [0.3, 0.4) is 0 Å². The summed E-state index contributed by atoms with van der Waals surface area (Å²) in [6.07, 6.45) is 1.24. The Morgan fingerprint density at radius 1 is 1.18 bits per heavy atom. The minimum Gasteiger partial charge on any atom is -0.385 e. The minimum absolute atomic E-state index is 0.498. The van der Waals surface area contributed by atoms with E-state index in [9.17, 15) is 5.11 Å². The van der Waals surface area contributed by atoms with E-state index in [2.05, 4.69) is 19.1 Å². The number of aliphatic hydroxyl groups excluding tert-OH is 1. The van der Waals surface area contributed by atoms with Gasteiger partial charge in [0.15, 0.2) is 0 Å². The molecule has 0 saturated carbocycles. The van der Waals surface area contributed by atoms with Crippen molar-refractivity contribution in [2.24, 2.45) is 0 Å². The smallest absolute Gasteiger partial charge is 0.108 e. The molecule has 0 bridgehead atoms. The second-order valence-electron chi connectivity index (χ2n) is 4.60. The summed E-state index contributed by atoms with van der Waals surface area (Å²) in [4.78, 5) is 0. The second-order valence-corrected chi connectivity index (χ2v) is 4.60. The van der Waals surface area contributed by atoms with Crippen LogP contribution in [0.5, 0.6) is 0 Å². The highest BCUT2D eigenvalue weighted by molar-refractivity contribution is 5.25. The fraction of sp³-hybridized carbons (Fsp3) is 0.600. The van der Waals surface area contributed by atoms with E-state index < -0.39 is 11.7 Å². The number of rotatable bonds is 6. The SMILES string of the molecule is CCOC(C)(CC)C(O)c1ccc(CC)cc1. The van der Waals surface area contributed by atoms with Crippen LogP contribution in [0.2, 0.25) is 0 Å². The van der Waals surface area contributed by atoms with E-state index in [4.69, 9.17) is 4.74 Å². The molecule has 2 atom stereocenters. The van der Waals surface area contributed by atoms with Crippen molar-refractivity contribution in [2.75, 3.05) is 6.61 Å². The van der Waals surface area contributed by atoms with Gasteiger partial charge < -0.3 is 9.84 Å². The minimum atomic E-state index is -0.571. The van der Waals surface area contributed by atoms with Crippen molar-refractivity contribution in [3.05, 3.63) is 35.4 Å². The van der Waals surface area contributed by atoms with Gasteiger partial charge in [-0.05, 0) is 37.8 Å². The fourth-order valence-electron chi connectivity index (χ4n) is 1.99. The lowest BCUT2D eigenvalue weighted by Gasteiger charge is -2.33. The van der Waals surface area contributed by atoms with Gasteiger partial charge in [-0.15, -0.1) is 0 Å². The average Bonchev–Trinajstić information content (AvgIpc) is 2.38. The van der Waals surface area contributed by atoms with E-state index in [0.717, 1.165) is 18.4 Å². The van der Waals surface area contributed by atoms with Crippen LogP contribution in [0.4, 0.5) is 0 Å². The molecule has 17 heavy (non-hydrogen) atoms. The monoisotopic (exact) mass is 236 g/mol. The van der Waals surface area contributed by atoms with Gasteiger partial charge in [0.05, 0.1) is 5.60 Å². The lowest BCUT2D eigenvalue weighted by Crippen LogP contribution is -2.35. The van der Waals surface area contributed by atoms with E-state index >= 15 is 0 Å². The summed E-state index contributed by atoms with van der Waals surface area (Å²) in [5.41, 5.74) is 1.72. The third-order valence-electron chi connectivity index (χ3n) is 3.46. The molecular weight excluding hydrogens is 212 g/mol. The summed E-state index contributed by atoms with van der Waals surface area (Å²) < 4.78 is 5.70. The first kappa shape index (κ1) is 14.2. The third-order valence-corrected chi connectivity index (χ3v) is 3.46. The molecule has 0 heterocycles. The van der Waals surface area contributed by atoms with Crippen LogP contribution >= 0.6 is 0 Å². The second kappa shape index (κ2) is 6.18. The highest BCUT2D eigenvalue weighted by atomic mass is 16.5. The molecule has 2 heteroatoms. The Hall–Kier alpha value is -0.860. The Balaban J connectivity index is 2.89. The van der Waals surface area contributed by atoms with Crippen LogP contribution in [0.15, 0.2) is 24.3 Å². The van der Waals surface area contributed by atoms with Gasteiger partial charge >= 0.3 is 0 Å². The Morgan fingerprint density at radius 3 is 2.18 bits per heavy atom. The summed E-state index contributed by atoms with van der Waals surface area (Å²) in [7, 11) is 0. The molecule has 2 unspecified atom stereocenters. The van der Waals surface area contributed by atoms with E-state index in [-0.39, 0.29) is 0 Å². The topological polar surface area (TPSA) is 29.5 Å². The maximum atomic E-state index is 10.4. The Kier molecular flexibility index (Phi) is 5.16. The lowest BCUT2D eigenvalue weighted by atomic mass is 9.89. The Morgan fingerprint density at radius 2 is 1.76 bits per heavy atom. The van der Waals surface area contributed by atoms with Gasteiger partial charge in [-0.3, -0.25) is 0 Å². The zero-order valence-electron chi connectivity index (χ0n) is 11.4. The average molecular weight is 236 g/mol. The molecule has 1 aromatic carbocycles. The van der Waals surface area contributed by atoms with Gasteiger partial charge in [-0.2, -0.15) is 0 Å². The van der Waals surface area contributed by atoms with Gasteiger partial charge in [0.2, 0.25) is 0 Å². The number of aryl methyl sites for hydroxylation is 1. The predicted octanol–water partition coefficient (Wildman–Crippen LogP) is 3.49. The highest BCUT2D eigenvalue weighted by Crippen LogP contribution is 2.32. The molecule has 0 aromatic heterocycles. The molecule has 2 nitrogen and oxygen atoms in total. The molecule has 0 amide bonds. The quantitative estimate of drug-likeness (QED) is 0.819. The summed E-state index contributed by atoms with van der Waals surface area (Å²) in [6, 6.07) is 8.13. The highest BCUT2D eigenvalue weighted by Gasteiger charge is 2.32. The first-order valence-corrected chi connectivity index (χ1v) is 6.48. The molecule has 0 aliphatic carbocycles. The van der Waals surface area contributed by atoms with Crippen molar-refractivity contribution in [1.82, 2.24) is 0 Å². The zero-order valence-corrected chi connectivity index (χ0v) is 11.4. The molecule has 0 radical (unpaired) electrons. The summed E-state index contributed by atoms with van der Waals surface area (Å²) in [6.45, 7) is 8.71. The maximum Gasteiger partial charge on any atom is 0.108 e. The van der Waals surface area contributed by atoms with Crippen molar-refractivity contribution in [3.63, 3.8) is 0 Å². The maximum absolute atomic E-state index is 10.4. The van der Waals surface area contributed by atoms with E-state index in [1.807, 2.05) is 32.9 Å².